The minimum atomic E-state index is -0.886. The summed E-state index contributed by atoms with van der Waals surface area (Å²) in [6.45, 7) is 6.20. The summed E-state index contributed by atoms with van der Waals surface area (Å²) in [6.07, 6.45) is 5.76. The molecular formula is C50H52N8O7. The third-order valence-corrected chi connectivity index (χ3v) is 12.9. The molecule has 3 fully saturated rings. The number of rotatable bonds is 11. The highest BCUT2D eigenvalue weighted by atomic mass is 16.5. The van der Waals surface area contributed by atoms with E-state index in [-0.39, 0.29) is 29.8 Å². The number of nitrogens with zero attached hydrogens (tertiary/aromatic N) is 4. The third kappa shape index (κ3) is 9.09. The van der Waals surface area contributed by atoms with Gasteiger partial charge in [-0.25, -0.2) is 19.6 Å². The lowest BCUT2D eigenvalue weighted by Gasteiger charge is -2.34. The first kappa shape index (κ1) is 43.0. The summed E-state index contributed by atoms with van der Waals surface area (Å²) >= 11 is 0. The lowest BCUT2D eigenvalue weighted by molar-refractivity contribution is -0.137. The lowest BCUT2D eigenvalue weighted by atomic mass is 9.90. The molecule has 15 nitrogen and oxygen atoms in total. The van der Waals surface area contributed by atoms with Crippen LogP contribution in [0.25, 0.3) is 44.4 Å². The molecule has 3 saturated heterocycles. The number of hydrogen-bond donors (Lipinski definition) is 4. The van der Waals surface area contributed by atoms with Gasteiger partial charge in [-0.2, -0.15) is 0 Å². The first-order valence-electron chi connectivity index (χ1n) is 22.0. The number of imidazole rings is 2. The average Bonchev–Trinajstić information content (AvgIpc) is 4.20. The Balaban J connectivity index is 0.876. The van der Waals surface area contributed by atoms with Crippen molar-refractivity contribution in [1.29, 1.82) is 0 Å². The number of aromatic nitrogens is 4. The quantitative estimate of drug-likeness (QED) is 0.0937. The van der Waals surface area contributed by atoms with Crippen LogP contribution in [0.5, 0.6) is 0 Å². The highest BCUT2D eigenvalue weighted by Crippen LogP contribution is 2.38. The zero-order valence-corrected chi connectivity index (χ0v) is 36.4. The molecule has 65 heavy (non-hydrogen) atoms. The molecule has 0 spiro atoms. The number of hydrogen-bond acceptors (Lipinski definition) is 9. The average molecular weight is 877 g/mol. The molecule has 2 aromatic heterocycles. The van der Waals surface area contributed by atoms with Crippen LogP contribution in [-0.4, -0.2) is 100 Å². The van der Waals surface area contributed by atoms with Crippen LogP contribution >= 0.6 is 0 Å². The molecule has 0 aliphatic carbocycles. The van der Waals surface area contributed by atoms with Gasteiger partial charge >= 0.3 is 12.2 Å². The molecule has 0 radical (unpaired) electrons. The number of nitrogens with one attached hydrogen (secondary N) is 4. The summed E-state index contributed by atoms with van der Waals surface area (Å²) < 4.78 is 15.3. The first-order chi connectivity index (χ1) is 31.7. The zero-order valence-electron chi connectivity index (χ0n) is 36.4. The normalized spacial score (nSPS) is 18.6. The molecule has 3 aliphatic rings. The van der Waals surface area contributed by atoms with Crippen LogP contribution in [0.1, 0.15) is 67.4 Å². The summed E-state index contributed by atoms with van der Waals surface area (Å²) in [7, 11) is 2.58. The summed E-state index contributed by atoms with van der Waals surface area (Å²) in [5, 5.41) is 7.68. The summed E-state index contributed by atoms with van der Waals surface area (Å²) in [6, 6.07) is 28.0. The van der Waals surface area contributed by atoms with E-state index in [9.17, 15) is 19.2 Å². The molecule has 334 valence electrons. The predicted octanol–water partition coefficient (Wildman–Crippen LogP) is 8.03. The van der Waals surface area contributed by atoms with Crippen molar-refractivity contribution in [2.75, 3.05) is 40.5 Å². The summed E-state index contributed by atoms with van der Waals surface area (Å²) in [5.74, 6) is 0.905. The number of carbonyl (C=O) groups is 4. The van der Waals surface area contributed by atoms with Crippen molar-refractivity contribution in [2.24, 2.45) is 5.92 Å². The molecular weight excluding hydrogens is 825 g/mol. The monoisotopic (exact) mass is 876 g/mol. The summed E-state index contributed by atoms with van der Waals surface area (Å²) in [4.78, 5) is 72.7. The molecule has 4 amide bonds. The minimum absolute atomic E-state index is 0.0681. The number of alkyl carbamates (subject to hydrolysis) is 2. The van der Waals surface area contributed by atoms with Gasteiger partial charge in [0.1, 0.15) is 23.7 Å². The van der Waals surface area contributed by atoms with Crippen LogP contribution in [-0.2, 0) is 23.8 Å². The molecule has 15 heteroatoms. The van der Waals surface area contributed by atoms with E-state index < -0.39 is 24.3 Å². The largest absolute Gasteiger partial charge is 0.453 e. The maximum Gasteiger partial charge on any atom is 0.407 e. The first-order valence-corrected chi connectivity index (χ1v) is 22.0. The van der Waals surface area contributed by atoms with Crippen LogP contribution in [0.15, 0.2) is 116 Å². The lowest BCUT2D eigenvalue weighted by Crippen LogP contribution is -2.53. The Labute approximate surface area is 376 Å². The number of carbonyl (C=O) groups excluding carboxylic acids is 4. The van der Waals surface area contributed by atoms with Crippen molar-refractivity contribution in [2.45, 2.75) is 56.3 Å². The minimum Gasteiger partial charge on any atom is -0.453 e. The number of ether oxygens (including phenoxy) is 3. The van der Waals surface area contributed by atoms with Gasteiger partial charge in [0.25, 0.3) is 5.91 Å². The molecule has 3 aliphatic heterocycles. The van der Waals surface area contributed by atoms with Crippen LogP contribution in [0, 0.1) is 5.92 Å². The number of fused-ring (bicyclic) bond motifs is 1. The van der Waals surface area contributed by atoms with Crippen molar-refractivity contribution in [3.05, 3.63) is 133 Å². The van der Waals surface area contributed by atoms with Crippen molar-refractivity contribution < 1.29 is 33.4 Å². The summed E-state index contributed by atoms with van der Waals surface area (Å²) in [5.41, 5.74) is 7.35. The van der Waals surface area contributed by atoms with Crippen LogP contribution < -0.4 is 10.6 Å². The number of methoxy groups -OCH3 is 2. The Hall–Kier alpha value is -7.26. The van der Waals surface area contributed by atoms with Crippen molar-refractivity contribution in [3.8, 4) is 33.6 Å². The van der Waals surface area contributed by atoms with E-state index in [1.165, 1.54) is 14.2 Å². The molecule has 4 N–H and O–H groups in total. The van der Waals surface area contributed by atoms with E-state index in [1.807, 2.05) is 36.5 Å². The number of H-pyrrole nitrogens is 2. The fourth-order valence-corrected chi connectivity index (χ4v) is 9.40. The fraction of sp³-hybridized carbons (Fsp3) is 0.320. The predicted molar refractivity (Wildman–Crippen MR) is 244 cm³/mol. The highest BCUT2D eigenvalue weighted by molar-refractivity contribution is 5.91. The van der Waals surface area contributed by atoms with Gasteiger partial charge in [-0.15, -0.1) is 0 Å². The van der Waals surface area contributed by atoms with Crippen molar-refractivity contribution >= 4 is 34.8 Å². The van der Waals surface area contributed by atoms with Crippen molar-refractivity contribution in [3.63, 3.8) is 0 Å². The Morgan fingerprint density at radius 3 is 2.00 bits per heavy atom. The van der Waals surface area contributed by atoms with E-state index in [1.54, 1.807) is 16.0 Å². The van der Waals surface area contributed by atoms with E-state index in [4.69, 9.17) is 24.2 Å². The zero-order chi connectivity index (χ0) is 45.0. The SMILES string of the molecule is C=C1C[C@@H](c2ncc(-c3ccc(-c4ccc5cc(-c6cnc([C@@H]7CCCN7C(=O)C(NC(=O)OC)c7ccccc7)[nH]6)ccc5c4)cc3)[nH]2)N(C(=O)[C@@H](NC(=O)OC)C2CCOCC2)C1. The standard InChI is InChI=1S/C50H52N8O7/c1-30-24-42(58(29-30)48(60)44(56-50(62)64-3)34-19-22-65-23-20-34)46-52-27-39(53-46)32-13-11-31(12-14-32)35-15-16-37-26-38(18-17-36(37)25-35)40-28-51-45(54-40)41-10-7-21-57(41)47(59)43(55-49(61)63-2)33-8-5-4-6-9-33/h4-6,8-9,11-18,25-28,34,41-44H,1,7,10,19-24,29H2,2-3H3,(H,51,54)(H,52,53)(H,55,61)(H,56,62)/t41-,42-,43?,44-/m0/s1. The molecule has 0 saturated carbocycles. The van der Waals surface area contributed by atoms with E-state index >= 15 is 0 Å². The fourth-order valence-electron chi connectivity index (χ4n) is 9.40. The number of aromatic amines is 2. The van der Waals surface area contributed by atoms with Gasteiger partial charge in [0.2, 0.25) is 5.91 Å². The van der Waals surface area contributed by atoms with Gasteiger partial charge in [-0.1, -0.05) is 91.0 Å². The third-order valence-electron chi connectivity index (χ3n) is 12.9. The van der Waals surface area contributed by atoms with Gasteiger partial charge < -0.3 is 44.6 Å². The van der Waals surface area contributed by atoms with Gasteiger partial charge in [0, 0.05) is 31.9 Å². The number of amides is 4. The van der Waals surface area contributed by atoms with E-state index in [0.717, 1.165) is 62.8 Å². The van der Waals surface area contributed by atoms with Crippen LogP contribution in [0.2, 0.25) is 0 Å². The van der Waals surface area contributed by atoms with Gasteiger partial charge in [0.15, 0.2) is 0 Å². The number of benzene rings is 4. The van der Waals surface area contributed by atoms with Crippen molar-refractivity contribution in [1.82, 2.24) is 40.4 Å². The van der Waals surface area contributed by atoms with E-state index in [0.29, 0.717) is 62.8 Å². The molecule has 6 aromatic rings. The van der Waals surface area contributed by atoms with Gasteiger partial charge in [0.05, 0.1) is 50.1 Å². The second-order valence-electron chi connectivity index (χ2n) is 16.9. The van der Waals surface area contributed by atoms with Crippen LogP contribution in [0.4, 0.5) is 9.59 Å². The maximum absolute atomic E-state index is 14.1. The molecule has 4 aromatic carbocycles. The maximum atomic E-state index is 14.1. The molecule has 5 heterocycles. The Bertz CT molecular complexity index is 2710. The van der Waals surface area contributed by atoms with Gasteiger partial charge in [-0.05, 0) is 83.2 Å². The highest BCUT2D eigenvalue weighted by Gasteiger charge is 2.41. The van der Waals surface area contributed by atoms with Crippen LogP contribution in [0.3, 0.4) is 0 Å². The van der Waals surface area contributed by atoms with Gasteiger partial charge in [-0.3, -0.25) is 9.59 Å². The Morgan fingerprint density at radius 1 is 0.708 bits per heavy atom. The Kier molecular flexibility index (Phi) is 12.5. The molecule has 0 bridgehead atoms. The topological polar surface area (TPSA) is 184 Å². The second-order valence-corrected chi connectivity index (χ2v) is 16.9. The Morgan fingerprint density at radius 2 is 1.31 bits per heavy atom. The second kappa shape index (κ2) is 18.8. The number of likely N-dealkylation sites (tertiary alicyclic amines) is 2. The van der Waals surface area contributed by atoms with E-state index in [2.05, 4.69) is 87.8 Å². The smallest absolute Gasteiger partial charge is 0.407 e. The molecule has 1 unspecified atom stereocenters. The molecule has 9 rings (SSSR count). The molecule has 4 atom stereocenters.